The van der Waals surface area contributed by atoms with E-state index in [2.05, 4.69) is 23.4 Å². The summed E-state index contributed by atoms with van der Waals surface area (Å²) in [5, 5.41) is 27.8. The van der Waals surface area contributed by atoms with Gasteiger partial charge in [-0.2, -0.15) is 10.4 Å². The molecule has 0 aliphatic heterocycles. The average Bonchev–Trinajstić information content (AvgIpc) is 2.94. The molecule has 2 unspecified atom stereocenters. The monoisotopic (exact) mass is 299 g/mol. The van der Waals surface area contributed by atoms with Crippen molar-refractivity contribution in [1.82, 2.24) is 9.61 Å². The van der Waals surface area contributed by atoms with E-state index in [0.29, 0.717) is 22.7 Å². The Bertz CT molecular complexity index is 761. The molecule has 114 valence electrons. The standard InChI is InChI=1S/C15H17N5O2/c1-10-4-2-3-5-13(10)18-15-11(7-16)8-17-19-9-12(20(21)22)6-14(15)19/h6,8-10,13,18H,2-5H2,1H3. The summed E-state index contributed by atoms with van der Waals surface area (Å²) in [7, 11) is 0. The zero-order valence-corrected chi connectivity index (χ0v) is 12.3. The molecule has 1 fully saturated rings. The Hall–Kier alpha value is -2.62. The number of fused-ring (bicyclic) bond motifs is 1. The van der Waals surface area contributed by atoms with Gasteiger partial charge in [0.15, 0.2) is 0 Å². The molecule has 0 radical (unpaired) electrons. The lowest BCUT2D eigenvalue weighted by molar-refractivity contribution is -0.384. The SMILES string of the molecule is CC1CCCCC1Nc1c(C#N)cnn2cc([N+](=O)[O-])cc12. The highest BCUT2D eigenvalue weighted by atomic mass is 16.6. The summed E-state index contributed by atoms with van der Waals surface area (Å²) < 4.78 is 1.45. The van der Waals surface area contributed by atoms with E-state index in [-0.39, 0.29) is 11.7 Å². The number of anilines is 1. The predicted molar refractivity (Wildman–Crippen MR) is 81.6 cm³/mol. The Morgan fingerprint density at radius 3 is 2.95 bits per heavy atom. The quantitative estimate of drug-likeness (QED) is 0.694. The lowest BCUT2D eigenvalue weighted by Gasteiger charge is -2.30. The molecule has 1 aliphatic carbocycles. The van der Waals surface area contributed by atoms with Crippen molar-refractivity contribution in [1.29, 1.82) is 5.26 Å². The lowest BCUT2D eigenvalue weighted by Crippen LogP contribution is -2.30. The highest BCUT2D eigenvalue weighted by molar-refractivity contribution is 5.79. The van der Waals surface area contributed by atoms with Crippen molar-refractivity contribution in [3.63, 3.8) is 0 Å². The number of nitrogens with one attached hydrogen (secondary N) is 1. The summed E-state index contributed by atoms with van der Waals surface area (Å²) in [5.41, 5.74) is 1.61. The van der Waals surface area contributed by atoms with Crippen LogP contribution in [0.1, 0.15) is 38.2 Å². The first-order valence-corrected chi connectivity index (χ1v) is 7.42. The molecule has 7 nitrogen and oxygen atoms in total. The highest BCUT2D eigenvalue weighted by Gasteiger charge is 2.24. The van der Waals surface area contributed by atoms with Gasteiger partial charge in [0.1, 0.15) is 12.3 Å². The maximum absolute atomic E-state index is 11.0. The van der Waals surface area contributed by atoms with Gasteiger partial charge in [0.2, 0.25) is 0 Å². The van der Waals surface area contributed by atoms with Gasteiger partial charge >= 0.3 is 0 Å². The maximum Gasteiger partial charge on any atom is 0.289 e. The van der Waals surface area contributed by atoms with E-state index >= 15 is 0 Å². The predicted octanol–water partition coefficient (Wildman–Crippen LogP) is 3.10. The van der Waals surface area contributed by atoms with Gasteiger partial charge in [-0.25, -0.2) is 4.52 Å². The van der Waals surface area contributed by atoms with Gasteiger partial charge in [0, 0.05) is 12.1 Å². The van der Waals surface area contributed by atoms with Crippen molar-refractivity contribution in [3.05, 3.63) is 34.1 Å². The van der Waals surface area contributed by atoms with Gasteiger partial charge < -0.3 is 5.32 Å². The number of hydrogen-bond acceptors (Lipinski definition) is 5. The second-order valence-corrected chi connectivity index (χ2v) is 5.84. The van der Waals surface area contributed by atoms with Gasteiger partial charge in [-0.05, 0) is 18.8 Å². The van der Waals surface area contributed by atoms with Crippen LogP contribution in [0.15, 0.2) is 18.5 Å². The zero-order chi connectivity index (χ0) is 15.7. The number of aromatic nitrogens is 2. The molecule has 0 bridgehead atoms. The average molecular weight is 299 g/mol. The van der Waals surface area contributed by atoms with Crippen molar-refractivity contribution in [2.75, 3.05) is 5.32 Å². The van der Waals surface area contributed by atoms with Gasteiger partial charge in [-0.3, -0.25) is 10.1 Å². The van der Waals surface area contributed by atoms with E-state index in [1.165, 1.54) is 29.4 Å². The molecule has 3 rings (SSSR count). The van der Waals surface area contributed by atoms with Crippen LogP contribution >= 0.6 is 0 Å². The van der Waals surface area contributed by atoms with Crippen LogP contribution < -0.4 is 5.32 Å². The summed E-state index contributed by atoms with van der Waals surface area (Å²) in [6.07, 6.45) is 7.41. The fraction of sp³-hybridized carbons (Fsp3) is 0.467. The van der Waals surface area contributed by atoms with Crippen LogP contribution in [0, 0.1) is 27.4 Å². The third kappa shape index (κ3) is 2.48. The fourth-order valence-electron chi connectivity index (χ4n) is 3.10. The second-order valence-electron chi connectivity index (χ2n) is 5.84. The number of rotatable bonds is 3. The van der Waals surface area contributed by atoms with Gasteiger partial charge in [0.05, 0.1) is 27.9 Å². The fourth-order valence-corrected chi connectivity index (χ4v) is 3.10. The molecule has 22 heavy (non-hydrogen) atoms. The van der Waals surface area contributed by atoms with Crippen LogP contribution in [-0.2, 0) is 0 Å². The molecule has 0 aromatic carbocycles. The van der Waals surface area contributed by atoms with Crippen molar-refractivity contribution in [2.24, 2.45) is 5.92 Å². The van der Waals surface area contributed by atoms with Gasteiger partial charge in [-0.1, -0.05) is 19.8 Å². The van der Waals surface area contributed by atoms with Crippen molar-refractivity contribution >= 4 is 16.9 Å². The first-order valence-electron chi connectivity index (χ1n) is 7.42. The van der Waals surface area contributed by atoms with Crippen LogP contribution in [0.3, 0.4) is 0 Å². The normalized spacial score (nSPS) is 21.5. The van der Waals surface area contributed by atoms with Gasteiger partial charge in [-0.15, -0.1) is 0 Å². The summed E-state index contributed by atoms with van der Waals surface area (Å²) in [5.74, 6) is 0.512. The number of nitro groups is 1. The molecule has 0 saturated heterocycles. The molecule has 1 aliphatic rings. The molecule has 2 aromatic heterocycles. The zero-order valence-electron chi connectivity index (χ0n) is 12.3. The molecule has 1 saturated carbocycles. The smallest absolute Gasteiger partial charge is 0.289 e. The minimum atomic E-state index is -0.451. The third-order valence-corrected chi connectivity index (χ3v) is 4.40. The molecule has 0 amide bonds. The molecule has 2 aromatic rings. The van der Waals surface area contributed by atoms with Crippen LogP contribution in [0.5, 0.6) is 0 Å². The first-order chi connectivity index (χ1) is 10.6. The van der Waals surface area contributed by atoms with E-state index in [4.69, 9.17) is 0 Å². The lowest BCUT2D eigenvalue weighted by atomic mass is 9.85. The van der Waals surface area contributed by atoms with Crippen LogP contribution in [0.4, 0.5) is 11.4 Å². The van der Waals surface area contributed by atoms with Crippen molar-refractivity contribution in [2.45, 2.75) is 38.6 Å². The number of nitriles is 1. The van der Waals surface area contributed by atoms with Crippen molar-refractivity contribution in [3.8, 4) is 6.07 Å². The largest absolute Gasteiger partial charge is 0.379 e. The van der Waals surface area contributed by atoms with Gasteiger partial charge in [0.25, 0.3) is 5.69 Å². The minimum absolute atomic E-state index is 0.0256. The van der Waals surface area contributed by atoms with Crippen molar-refractivity contribution < 1.29 is 4.92 Å². The minimum Gasteiger partial charge on any atom is -0.379 e. The Morgan fingerprint density at radius 2 is 2.27 bits per heavy atom. The van der Waals surface area contributed by atoms with E-state index < -0.39 is 4.92 Å². The number of nitrogens with zero attached hydrogens (tertiary/aromatic N) is 4. The molecule has 1 N–H and O–H groups in total. The molecular formula is C15H17N5O2. The van der Waals surface area contributed by atoms with Crippen LogP contribution in [0.2, 0.25) is 0 Å². The summed E-state index contributed by atoms with van der Waals surface area (Å²) >= 11 is 0. The number of hydrogen-bond donors (Lipinski definition) is 1. The molecule has 2 atom stereocenters. The van der Waals surface area contributed by atoms with Crippen LogP contribution in [0.25, 0.3) is 5.52 Å². The topological polar surface area (TPSA) is 96.3 Å². The molecular weight excluding hydrogens is 282 g/mol. The molecule has 2 heterocycles. The summed E-state index contributed by atoms with van der Waals surface area (Å²) in [4.78, 5) is 10.5. The molecule has 0 spiro atoms. The second kappa shape index (κ2) is 5.64. The Balaban J connectivity index is 2.05. The Kier molecular flexibility index (Phi) is 3.67. The summed E-state index contributed by atoms with van der Waals surface area (Å²) in [6, 6.07) is 3.86. The van der Waals surface area contributed by atoms with Crippen LogP contribution in [-0.4, -0.2) is 20.6 Å². The highest BCUT2D eigenvalue weighted by Crippen LogP contribution is 2.31. The summed E-state index contributed by atoms with van der Waals surface area (Å²) in [6.45, 7) is 2.20. The maximum atomic E-state index is 11.0. The first kappa shape index (κ1) is 14.3. The van der Waals surface area contributed by atoms with E-state index in [1.807, 2.05) is 0 Å². The van der Waals surface area contributed by atoms with E-state index in [9.17, 15) is 15.4 Å². The van der Waals surface area contributed by atoms with E-state index in [1.54, 1.807) is 0 Å². The molecule has 7 heteroatoms. The third-order valence-electron chi connectivity index (χ3n) is 4.40. The Morgan fingerprint density at radius 1 is 1.50 bits per heavy atom. The Labute approximate surface area is 127 Å². The van der Waals surface area contributed by atoms with E-state index in [0.717, 1.165) is 19.3 Å².